The zero-order chi connectivity index (χ0) is 15.5. The summed E-state index contributed by atoms with van der Waals surface area (Å²) in [4.78, 5) is 16.9. The van der Waals surface area contributed by atoms with Crippen LogP contribution in [0.3, 0.4) is 0 Å². The van der Waals surface area contributed by atoms with Crippen LogP contribution in [0.25, 0.3) is 0 Å². The average Bonchev–Trinajstić information content (AvgIpc) is 3.24. The molecule has 0 radical (unpaired) electrons. The second-order valence-corrected chi connectivity index (χ2v) is 6.47. The molecule has 3 rings (SSSR count). The smallest absolute Gasteiger partial charge is 0.268 e. The average molecular weight is 297 g/mol. The second-order valence-electron chi connectivity index (χ2n) is 6.47. The molecule has 1 fully saturated rings. The summed E-state index contributed by atoms with van der Waals surface area (Å²) < 4.78 is 2.10. The van der Waals surface area contributed by atoms with E-state index < -0.39 is 0 Å². The van der Waals surface area contributed by atoms with Crippen molar-refractivity contribution in [1.82, 2.24) is 14.9 Å². The molecule has 116 valence electrons. The van der Waals surface area contributed by atoms with Gasteiger partial charge in [-0.3, -0.25) is 9.78 Å². The number of nitrogens with one attached hydrogen (secondary N) is 1. The van der Waals surface area contributed by atoms with Gasteiger partial charge in [-0.1, -0.05) is 19.9 Å². The van der Waals surface area contributed by atoms with Crippen molar-refractivity contribution in [2.45, 2.75) is 45.2 Å². The second kappa shape index (κ2) is 6.34. The molecule has 0 saturated heterocycles. The monoisotopic (exact) mass is 297 g/mol. The molecular formula is C18H23N3O. The van der Waals surface area contributed by atoms with Crippen molar-refractivity contribution >= 4 is 5.91 Å². The molecule has 4 nitrogen and oxygen atoms in total. The first-order valence-electron chi connectivity index (χ1n) is 8.02. The number of carbonyl (C=O) groups excluding carboxylic acids is 1. The summed E-state index contributed by atoms with van der Waals surface area (Å²) in [6.45, 7) is 4.34. The fraction of sp³-hybridized carbons (Fsp3) is 0.444. The van der Waals surface area contributed by atoms with E-state index in [1.807, 2.05) is 36.7 Å². The van der Waals surface area contributed by atoms with Crippen LogP contribution in [0.15, 0.2) is 42.9 Å². The number of aromatic nitrogens is 2. The van der Waals surface area contributed by atoms with Crippen LogP contribution in [-0.2, 0) is 0 Å². The summed E-state index contributed by atoms with van der Waals surface area (Å²) in [6, 6.07) is 8.32. The highest BCUT2D eigenvalue weighted by Crippen LogP contribution is 2.36. The minimum Gasteiger partial charge on any atom is -0.344 e. The summed E-state index contributed by atoms with van der Waals surface area (Å²) in [5, 5.41) is 3.19. The third-order valence-electron chi connectivity index (χ3n) is 4.05. The third kappa shape index (κ3) is 3.38. The summed E-state index contributed by atoms with van der Waals surface area (Å²) >= 11 is 0. The molecule has 0 aromatic carbocycles. The quantitative estimate of drug-likeness (QED) is 0.883. The van der Waals surface area contributed by atoms with E-state index in [9.17, 15) is 4.79 Å². The van der Waals surface area contributed by atoms with Crippen LogP contribution in [0, 0.1) is 5.92 Å². The summed E-state index contributed by atoms with van der Waals surface area (Å²) in [7, 11) is 0. The van der Waals surface area contributed by atoms with Gasteiger partial charge in [0, 0.05) is 24.6 Å². The number of hydrogen-bond acceptors (Lipinski definition) is 2. The number of nitrogens with zero attached hydrogens (tertiary/aromatic N) is 2. The van der Waals surface area contributed by atoms with Crippen LogP contribution >= 0.6 is 0 Å². The third-order valence-corrected chi connectivity index (χ3v) is 4.05. The van der Waals surface area contributed by atoms with E-state index in [4.69, 9.17) is 0 Å². The lowest BCUT2D eigenvalue weighted by Crippen LogP contribution is -2.31. The molecular weight excluding hydrogens is 274 g/mol. The molecule has 0 unspecified atom stereocenters. The molecule has 0 spiro atoms. The van der Waals surface area contributed by atoms with Crippen LogP contribution in [0.1, 0.15) is 61.2 Å². The maximum absolute atomic E-state index is 12.7. The number of rotatable bonds is 6. The normalized spacial score (nSPS) is 15.8. The Kier molecular flexibility index (Phi) is 4.27. The molecule has 0 bridgehead atoms. The van der Waals surface area contributed by atoms with Crippen LogP contribution in [0.2, 0.25) is 0 Å². The Bertz CT molecular complexity index is 629. The molecule has 1 aliphatic rings. The van der Waals surface area contributed by atoms with E-state index in [1.54, 1.807) is 6.20 Å². The molecule has 0 aliphatic heterocycles. The largest absolute Gasteiger partial charge is 0.344 e. The van der Waals surface area contributed by atoms with Gasteiger partial charge in [-0.15, -0.1) is 0 Å². The molecule has 2 heterocycles. The first-order chi connectivity index (χ1) is 10.6. The molecule has 1 N–H and O–H groups in total. The fourth-order valence-electron chi connectivity index (χ4n) is 2.82. The highest BCUT2D eigenvalue weighted by molar-refractivity contribution is 5.93. The maximum atomic E-state index is 12.7. The van der Waals surface area contributed by atoms with Crippen molar-refractivity contribution in [2.75, 3.05) is 0 Å². The van der Waals surface area contributed by atoms with Gasteiger partial charge in [0.25, 0.3) is 5.91 Å². The van der Waals surface area contributed by atoms with Gasteiger partial charge in [0.1, 0.15) is 5.69 Å². The number of carbonyl (C=O) groups is 1. The molecule has 1 atom stereocenters. The summed E-state index contributed by atoms with van der Waals surface area (Å²) in [6.07, 6.45) is 8.86. The predicted octanol–water partition coefficient (Wildman–Crippen LogP) is 3.74. The van der Waals surface area contributed by atoms with E-state index in [0.717, 1.165) is 17.7 Å². The zero-order valence-corrected chi connectivity index (χ0v) is 13.2. The van der Waals surface area contributed by atoms with E-state index in [-0.39, 0.29) is 11.9 Å². The first-order valence-corrected chi connectivity index (χ1v) is 8.02. The highest BCUT2D eigenvalue weighted by atomic mass is 16.2. The Hall–Kier alpha value is -2.10. The summed E-state index contributed by atoms with van der Waals surface area (Å²) in [5.74, 6) is 0.507. The Morgan fingerprint density at radius 3 is 2.82 bits per heavy atom. The minimum atomic E-state index is 0.00348. The van der Waals surface area contributed by atoms with Gasteiger partial charge in [0.15, 0.2) is 0 Å². The van der Waals surface area contributed by atoms with E-state index >= 15 is 0 Å². The lowest BCUT2D eigenvalue weighted by Gasteiger charge is -2.21. The molecule has 2 aromatic heterocycles. The first kappa shape index (κ1) is 14.8. The van der Waals surface area contributed by atoms with E-state index in [2.05, 4.69) is 28.7 Å². The lowest BCUT2D eigenvalue weighted by atomic mass is 9.98. The number of pyridine rings is 1. The van der Waals surface area contributed by atoms with Crippen LogP contribution in [0.4, 0.5) is 0 Å². The maximum Gasteiger partial charge on any atom is 0.268 e. The topological polar surface area (TPSA) is 46.9 Å². The highest BCUT2D eigenvalue weighted by Gasteiger charge is 2.27. The molecule has 22 heavy (non-hydrogen) atoms. The van der Waals surface area contributed by atoms with Crippen molar-refractivity contribution in [1.29, 1.82) is 0 Å². The van der Waals surface area contributed by atoms with Crippen molar-refractivity contribution in [2.24, 2.45) is 5.92 Å². The van der Waals surface area contributed by atoms with Gasteiger partial charge in [0.2, 0.25) is 0 Å². The van der Waals surface area contributed by atoms with Crippen LogP contribution in [0.5, 0.6) is 0 Å². The predicted molar refractivity (Wildman–Crippen MR) is 86.6 cm³/mol. The van der Waals surface area contributed by atoms with E-state index in [1.165, 1.54) is 12.8 Å². The Morgan fingerprint density at radius 2 is 2.18 bits per heavy atom. The van der Waals surface area contributed by atoms with Crippen molar-refractivity contribution in [3.8, 4) is 0 Å². The molecule has 1 saturated carbocycles. The van der Waals surface area contributed by atoms with Crippen LogP contribution < -0.4 is 5.32 Å². The van der Waals surface area contributed by atoms with Crippen molar-refractivity contribution < 1.29 is 4.79 Å². The van der Waals surface area contributed by atoms with Gasteiger partial charge in [-0.05, 0) is 48.9 Å². The standard InChI is InChI=1S/C18H23N3O/c1-13(2)11-16(14-5-3-9-19-12-14)20-18(22)17-6-4-10-21(17)15-7-8-15/h3-6,9-10,12-13,15-16H,7-8,11H2,1-2H3,(H,20,22)/t16-/m0/s1. The number of hydrogen-bond donors (Lipinski definition) is 1. The lowest BCUT2D eigenvalue weighted by molar-refractivity contribution is 0.0922. The van der Waals surface area contributed by atoms with Gasteiger partial charge < -0.3 is 9.88 Å². The van der Waals surface area contributed by atoms with Crippen molar-refractivity contribution in [3.63, 3.8) is 0 Å². The zero-order valence-electron chi connectivity index (χ0n) is 13.2. The van der Waals surface area contributed by atoms with Gasteiger partial charge in [0.05, 0.1) is 6.04 Å². The molecule has 2 aromatic rings. The van der Waals surface area contributed by atoms with Crippen molar-refractivity contribution in [3.05, 3.63) is 54.1 Å². The van der Waals surface area contributed by atoms with Crippen LogP contribution in [-0.4, -0.2) is 15.5 Å². The fourth-order valence-corrected chi connectivity index (χ4v) is 2.82. The number of amides is 1. The van der Waals surface area contributed by atoms with Gasteiger partial charge in [-0.25, -0.2) is 0 Å². The molecule has 1 amide bonds. The van der Waals surface area contributed by atoms with Gasteiger partial charge in [-0.2, -0.15) is 0 Å². The van der Waals surface area contributed by atoms with Gasteiger partial charge >= 0.3 is 0 Å². The Balaban J connectivity index is 1.77. The Morgan fingerprint density at radius 1 is 1.36 bits per heavy atom. The minimum absolute atomic E-state index is 0.00348. The summed E-state index contributed by atoms with van der Waals surface area (Å²) in [5.41, 5.74) is 1.83. The molecule has 4 heteroatoms. The SMILES string of the molecule is CC(C)C[C@H](NC(=O)c1cccn1C1CC1)c1cccnc1. The molecule has 1 aliphatic carbocycles. The Labute approximate surface area is 131 Å². The van der Waals surface area contributed by atoms with E-state index in [0.29, 0.717) is 12.0 Å².